The van der Waals surface area contributed by atoms with Gasteiger partial charge in [0, 0.05) is 20.2 Å². The smallest absolute Gasteiger partial charge is 0.141 e. The van der Waals surface area contributed by atoms with E-state index in [1.54, 1.807) is 13.4 Å². The summed E-state index contributed by atoms with van der Waals surface area (Å²) in [5, 5.41) is 6.98. The molecule has 1 aliphatic rings. The Kier molecular flexibility index (Phi) is 3.95. The molecule has 0 aliphatic carbocycles. The van der Waals surface area contributed by atoms with Crippen LogP contribution in [0.4, 0.5) is 0 Å². The lowest BCUT2D eigenvalue weighted by Crippen LogP contribution is -2.26. The highest BCUT2D eigenvalue weighted by Gasteiger charge is 2.35. The maximum Gasteiger partial charge on any atom is 0.141 e. The minimum atomic E-state index is 0.158. The van der Waals surface area contributed by atoms with Crippen LogP contribution in [-0.4, -0.2) is 49.8 Å². The second-order valence-corrected chi connectivity index (χ2v) is 6.15. The monoisotopic (exact) mass is 324 g/mol. The molecule has 7 nitrogen and oxygen atoms in total. The van der Waals surface area contributed by atoms with Crippen molar-refractivity contribution in [3.8, 4) is 0 Å². The molecule has 24 heavy (non-hydrogen) atoms. The molecule has 0 bridgehead atoms. The number of para-hydroxylation sites is 2. The van der Waals surface area contributed by atoms with Gasteiger partial charge in [0.25, 0.3) is 0 Å². The van der Waals surface area contributed by atoms with E-state index in [2.05, 4.69) is 25.1 Å². The lowest BCUT2D eigenvalue weighted by molar-refractivity contribution is 0.107. The van der Waals surface area contributed by atoms with Gasteiger partial charge in [-0.25, -0.2) is 15.0 Å². The Morgan fingerprint density at radius 2 is 2.04 bits per heavy atom. The summed E-state index contributed by atoms with van der Waals surface area (Å²) in [6, 6.07) is 8.13. The summed E-state index contributed by atoms with van der Waals surface area (Å²) in [5.74, 6) is 0.876. The molecule has 2 aromatic heterocycles. The normalized spacial score (nSPS) is 21.6. The second-order valence-electron chi connectivity index (χ2n) is 6.15. The third-order valence-electron chi connectivity index (χ3n) is 4.64. The van der Waals surface area contributed by atoms with E-state index in [1.165, 1.54) is 0 Å². The molecule has 1 saturated heterocycles. The summed E-state index contributed by atoms with van der Waals surface area (Å²) < 4.78 is 5.57. The molecule has 0 unspecified atom stereocenters. The third-order valence-corrected chi connectivity index (χ3v) is 4.64. The lowest BCUT2D eigenvalue weighted by atomic mass is 10.2. The number of hydrogen-bond acceptors (Lipinski definition) is 6. The number of nitrogens with one attached hydrogen (secondary N) is 1. The zero-order valence-corrected chi connectivity index (χ0v) is 13.8. The van der Waals surface area contributed by atoms with Crippen molar-refractivity contribution in [3.63, 3.8) is 0 Å². The molecule has 7 heteroatoms. The summed E-state index contributed by atoms with van der Waals surface area (Å²) in [6.07, 6.45) is 2.63. The highest BCUT2D eigenvalue weighted by Crippen LogP contribution is 2.32. The van der Waals surface area contributed by atoms with Gasteiger partial charge in [0.15, 0.2) is 0 Å². The average molecular weight is 324 g/mol. The summed E-state index contributed by atoms with van der Waals surface area (Å²) in [7, 11) is 1.76. The topological polar surface area (TPSA) is 79.8 Å². The van der Waals surface area contributed by atoms with Gasteiger partial charge in [-0.2, -0.15) is 5.10 Å². The number of ether oxygens (including phenoxy) is 1. The molecule has 2 atom stereocenters. The van der Waals surface area contributed by atoms with Crippen molar-refractivity contribution in [1.29, 1.82) is 0 Å². The minimum absolute atomic E-state index is 0.158. The van der Waals surface area contributed by atoms with Crippen molar-refractivity contribution in [2.45, 2.75) is 32.0 Å². The molecule has 1 N–H and O–H groups in total. The van der Waals surface area contributed by atoms with Crippen LogP contribution in [-0.2, 0) is 11.3 Å². The quantitative estimate of drug-likeness (QED) is 0.791. The van der Waals surface area contributed by atoms with Gasteiger partial charge in [-0.05, 0) is 25.5 Å². The summed E-state index contributed by atoms with van der Waals surface area (Å²) >= 11 is 0. The van der Waals surface area contributed by atoms with E-state index >= 15 is 0 Å². The maximum absolute atomic E-state index is 5.57. The van der Waals surface area contributed by atoms with Crippen LogP contribution in [0.25, 0.3) is 11.0 Å². The molecule has 1 aliphatic heterocycles. The van der Waals surface area contributed by atoms with Gasteiger partial charge in [-0.3, -0.25) is 10.00 Å². The van der Waals surface area contributed by atoms with E-state index in [4.69, 9.17) is 9.72 Å². The van der Waals surface area contributed by atoms with E-state index in [0.29, 0.717) is 0 Å². The highest BCUT2D eigenvalue weighted by molar-refractivity contribution is 5.74. The second kappa shape index (κ2) is 6.26. The summed E-state index contributed by atoms with van der Waals surface area (Å²) in [4.78, 5) is 16.2. The maximum atomic E-state index is 5.57. The molecule has 3 heterocycles. The van der Waals surface area contributed by atoms with E-state index in [0.717, 1.165) is 47.8 Å². The Morgan fingerprint density at radius 3 is 2.75 bits per heavy atom. The lowest BCUT2D eigenvalue weighted by Gasteiger charge is -2.22. The van der Waals surface area contributed by atoms with E-state index < -0.39 is 0 Å². The molecule has 0 radical (unpaired) electrons. The van der Waals surface area contributed by atoms with Crippen LogP contribution in [0.3, 0.4) is 0 Å². The SMILES string of the molecule is CO[C@@H]1C[C@@H](c2ncn[nH]2)N(Cc2nc3ccccc3nc2C)C1. The molecular weight excluding hydrogens is 304 g/mol. The minimum Gasteiger partial charge on any atom is -0.380 e. The molecule has 1 aromatic carbocycles. The first kappa shape index (κ1) is 15.2. The fourth-order valence-electron chi connectivity index (χ4n) is 3.33. The van der Waals surface area contributed by atoms with Crippen molar-refractivity contribution < 1.29 is 4.74 Å². The predicted octanol–water partition coefficient (Wildman–Crippen LogP) is 2.02. The largest absolute Gasteiger partial charge is 0.380 e. The van der Waals surface area contributed by atoms with Crippen LogP contribution in [0.1, 0.15) is 29.7 Å². The van der Waals surface area contributed by atoms with Crippen LogP contribution in [0.15, 0.2) is 30.6 Å². The number of methoxy groups -OCH3 is 1. The van der Waals surface area contributed by atoms with Gasteiger partial charge in [-0.15, -0.1) is 0 Å². The van der Waals surface area contributed by atoms with Gasteiger partial charge in [0.1, 0.15) is 12.2 Å². The first-order valence-electron chi connectivity index (χ1n) is 8.09. The van der Waals surface area contributed by atoms with Crippen molar-refractivity contribution >= 4 is 11.0 Å². The number of aromatic nitrogens is 5. The number of likely N-dealkylation sites (tertiary alicyclic amines) is 1. The first-order valence-corrected chi connectivity index (χ1v) is 8.09. The number of nitrogens with zero attached hydrogens (tertiary/aromatic N) is 5. The number of fused-ring (bicyclic) bond motifs is 1. The Hall–Kier alpha value is -2.38. The van der Waals surface area contributed by atoms with Crippen molar-refractivity contribution in [2.24, 2.45) is 0 Å². The van der Waals surface area contributed by atoms with Gasteiger partial charge < -0.3 is 4.74 Å². The Bertz CT molecular complexity index is 834. The fourth-order valence-corrected chi connectivity index (χ4v) is 3.33. The van der Waals surface area contributed by atoms with Crippen LogP contribution in [0.2, 0.25) is 0 Å². The average Bonchev–Trinajstić information content (AvgIpc) is 3.24. The van der Waals surface area contributed by atoms with Crippen molar-refractivity contribution in [1.82, 2.24) is 30.0 Å². The highest BCUT2D eigenvalue weighted by atomic mass is 16.5. The fraction of sp³-hybridized carbons (Fsp3) is 0.412. The van der Waals surface area contributed by atoms with Gasteiger partial charge in [0.05, 0.1) is 34.6 Å². The van der Waals surface area contributed by atoms with Crippen LogP contribution >= 0.6 is 0 Å². The number of hydrogen-bond donors (Lipinski definition) is 1. The Balaban J connectivity index is 1.64. The molecular formula is C17H20N6O. The number of H-pyrrole nitrogens is 1. The Morgan fingerprint density at radius 1 is 1.25 bits per heavy atom. The number of benzene rings is 1. The van der Waals surface area contributed by atoms with Crippen LogP contribution < -0.4 is 0 Å². The Labute approximate surface area is 140 Å². The third kappa shape index (κ3) is 2.76. The molecule has 0 spiro atoms. The number of rotatable bonds is 4. The van der Waals surface area contributed by atoms with Crippen molar-refractivity contribution in [3.05, 3.63) is 47.8 Å². The van der Waals surface area contributed by atoms with Gasteiger partial charge >= 0.3 is 0 Å². The zero-order chi connectivity index (χ0) is 16.5. The summed E-state index contributed by atoms with van der Waals surface area (Å²) in [5.41, 5.74) is 3.82. The number of aromatic amines is 1. The van der Waals surface area contributed by atoms with E-state index in [9.17, 15) is 0 Å². The zero-order valence-electron chi connectivity index (χ0n) is 13.8. The van der Waals surface area contributed by atoms with E-state index in [1.807, 2.05) is 31.2 Å². The standard InChI is InChI=1S/C17H20N6O/c1-11-15(21-14-6-4-3-5-13(14)20-11)9-23-8-12(24-2)7-16(23)17-18-10-19-22-17/h3-6,10,12,16H,7-9H2,1-2H3,(H,18,19,22)/t12-,16+/m1/s1. The summed E-state index contributed by atoms with van der Waals surface area (Å²) in [6.45, 7) is 3.58. The number of aryl methyl sites for hydroxylation is 1. The first-order chi connectivity index (χ1) is 11.7. The van der Waals surface area contributed by atoms with Gasteiger partial charge in [0.2, 0.25) is 0 Å². The molecule has 1 fully saturated rings. The van der Waals surface area contributed by atoms with Crippen LogP contribution in [0.5, 0.6) is 0 Å². The molecule has 124 valence electrons. The van der Waals surface area contributed by atoms with E-state index in [-0.39, 0.29) is 12.1 Å². The molecule has 0 amide bonds. The molecule has 3 aromatic rings. The predicted molar refractivity (Wildman–Crippen MR) is 89.2 cm³/mol. The van der Waals surface area contributed by atoms with Crippen LogP contribution in [0, 0.1) is 6.92 Å². The molecule has 4 rings (SSSR count). The van der Waals surface area contributed by atoms with Crippen molar-refractivity contribution in [2.75, 3.05) is 13.7 Å². The molecule has 0 saturated carbocycles. The van der Waals surface area contributed by atoms with Gasteiger partial charge in [-0.1, -0.05) is 12.1 Å².